The van der Waals surface area contributed by atoms with Gasteiger partial charge in [-0.05, 0) is 49.4 Å². The third kappa shape index (κ3) is 3.18. The van der Waals surface area contributed by atoms with Crippen molar-refractivity contribution in [3.63, 3.8) is 0 Å². The molecule has 0 aromatic carbocycles. The van der Waals surface area contributed by atoms with Gasteiger partial charge in [0.2, 0.25) is 0 Å². The van der Waals surface area contributed by atoms with Gasteiger partial charge in [-0.1, -0.05) is 25.4 Å². The molecule has 1 saturated heterocycles. The van der Waals surface area contributed by atoms with Crippen LogP contribution >= 0.6 is 11.6 Å². The molecule has 0 bridgehead atoms. The number of H-pyrrole nitrogens is 2. The molecule has 6 heterocycles. The van der Waals surface area contributed by atoms with Gasteiger partial charge in [0.15, 0.2) is 0 Å². The first kappa shape index (κ1) is 20.0. The van der Waals surface area contributed by atoms with Gasteiger partial charge in [0.25, 0.3) is 0 Å². The Labute approximate surface area is 192 Å². The van der Waals surface area contributed by atoms with Gasteiger partial charge in [-0.15, -0.1) is 0 Å². The number of nitrogens with one attached hydrogen (secondary N) is 2. The van der Waals surface area contributed by atoms with Crippen LogP contribution in [0.15, 0.2) is 30.7 Å². The lowest BCUT2D eigenvalue weighted by molar-refractivity contribution is 0.260. The van der Waals surface area contributed by atoms with Gasteiger partial charge >= 0.3 is 0 Å². The van der Waals surface area contributed by atoms with Crippen molar-refractivity contribution in [2.75, 3.05) is 13.1 Å². The van der Waals surface area contributed by atoms with Crippen molar-refractivity contribution in [3.05, 3.63) is 52.7 Å². The van der Waals surface area contributed by atoms with E-state index >= 15 is 0 Å². The number of rotatable bonds is 4. The van der Waals surface area contributed by atoms with E-state index in [-0.39, 0.29) is 5.41 Å². The third-order valence-corrected chi connectivity index (χ3v) is 7.64. The average molecular weight is 450 g/mol. The van der Waals surface area contributed by atoms with E-state index in [9.17, 15) is 0 Å². The first-order valence-electron chi connectivity index (χ1n) is 11.5. The van der Waals surface area contributed by atoms with Crippen LogP contribution in [-0.2, 0) is 18.5 Å². The molecule has 0 aliphatic carbocycles. The molecule has 4 aromatic rings. The van der Waals surface area contributed by atoms with Gasteiger partial charge in [-0.3, -0.25) is 14.7 Å². The van der Waals surface area contributed by atoms with Gasteiger partial charge in [0, 0.05) is 54.1 Å². The van der Waals surface area contributed by atoms with E-state index < -0.39 is 0 Å². The number of aromatic amines is 2. The number of aryl methyl sites for hydroxylation is 1. The molecular formula is C24H28ClN7. The molecule has 6 rings (SSSR count). The summed E-state index contributed by atoms with van der Waals surface area (Å²) < 4.78 is 2.25. The number of nitrogens with zero attached hydrogens (tertiary/aromatic N) is 5. The van der Waals surface area contributed by atoms with Crippen LogP contribution in [0, 0.1) is 0 Å². The Bertz CT molecular complexity index is 1280. The summed E-state index contributed by atoms with van der Waals surface area (Å²) in [6.45, 7) is 8.33. The highest BCUT2D eigenvalue weighted by Crippen LogP contribution is 2.43. The fourth-order valence-electron chi connectivity index (χ4n) is 5.63. The summed E-state index contributed by atoms with van der Waals surface area (Å²) >= 11 is 6.27. The van der Waals surface area contributed by atoms with Crippen LogP contribution < -0.4 is 0 Å². The van der Waals surface area contributed by atoms with E-state index in [1.54, 1.807) is 6.20 Å². The van der Waals surface area contributed by atoms with E-state index in [2.05, 4.69) is 61.9 Å². The maximum Gasteiger partial charge on any atom is 0.137 e. The normalized spacial score (nSPS) is 21.2. The summed E-state index contributed by atoms with van der Waals surface area (Å²) in [5.74, 6) is 0.451. The van der Waals surface area contributed by atoms with Crippen molar-refractivity contribution >= 4 is 22.6 Å². The van der Waals surface area contributed by atoms with Crippen LogP contribution in [-0.4, -0.2) is 47.9 Å². The Morgan fingerprint density at radius 3 is 2.91 bits per heavy atom. The summed E-state index contributed by atoms with van der Waals surface area (Å²) in [5, 5.41) is 14.1. The summed E-state index contributed by atoms with van der Waals surface area (Å²) in [5.41, 5.74) is 6.90. The van der Waals surface area contributed by atoms with Crippen molar-refractivity contribution in [1.29, 1.82) is 0 Å². The summed E-state index contributed by atoms with van der Waals surface area (Å²) in [7, 11) is 0. The molecule has 0 amide bonds. The number of fused-ring (bicyclic) bond motifs is 3. The molecule has 2 N–H and O–H groups in total. The lowest BCUT2D eigenvalue weighted by atomic mass is 9.77. The topological polar surface area (TPSA) is 78.4 Å². The highest BCUT2D eigenvalue weighted by Gasteiger charge is 2.44. The summed E-state index contributed by atoms with van der Waals surface area (Å²) in [6.07, 6.45) is 9.24. The van der Waals surface area contributed by atoms with Crippen LogP contribution in [0.25, 0.3) is 22.3 Å². The molecule has 1 fully saturated rings. The van der Waals surface area contributed by atoms with Gasteiger partial charge in [-0.25, -0.2) is 4.98 Å². The monoisotopic (exact) mass is 449 g/mol. The van der Waals surface area contributed by atoms with Crippen LogP contribution in [0.4, 0.5) is 0 Å². The molecule has 2 aliphatic heterocycles. The van der Waals surface area contributed by atoms with Gasteiger partial charge in [0.1, 0.15) is 5.65 Å². The summed E-state index contributed by atoms with van der Waals surface area (Å²) in [6, 6.07) is 4.56. The van der Waals surface area contributed by atoms with E-state index in [0.717, 1.165) is 60.2 Å². The molecule has 1 atom stereocenters. The zero-order chi connectivity index (χ0) is 21.9. The van der Waals surface area contributed by atoms with Gasteiger partial charge in [-0.2, -0.15) is 10.2 Å². The molecule has 4 aromatic heterocycles. The molecule has 8 heteroatoms. The van der Waals surface area contributed by atoms with E-state index in [0.29, 0.717) is 5.92 Å². The zero-order valence-electron chi connectivity index (χ0n) is 18.5. The molecule has 1 unspecified atom stereocenters. The van der Waals surface area contributed by atoms with Crippen molar-refractivity contribution in [2.45, 2.75) is 57.5 Å². The van der Waals surface area contributed by atoms with Gasteiger partial charge < -0.3 is 4.98 Å². The lowest BCUT2D eigenvalue weighted by Gasteiger charge is -2.34. The first-order valence-corrected chi connectivity index (χ1v) is 11.9. The van der Waals surface area contributed by atoms with Crippen molar-refractivity contribution in [2.24, 2.45) is 0 Å². The smallest absolute Gasteiger partial charge is 0.137 e. The predicted molar refractivity (Wildman–Crippen MR) is 126 cm³/mol. The number of halogens is 1. The molecule has 2 aliphatic rings. The molecule has 1 spiro atoms. The van der Waals surface area contributed by atoms with E-state index in [4.69, 9.17) is 16.7 Å². The maximum absolute atomic E-state index is 6.27. The number of likely N-dealkylation sites (tertiary alicyclic amines) is 1. The molecule has 0 saturated carbocycles. The fourth-order valence-corrected chi connectivity index (χ4v) is 5.78. The second-order valence-corrected chi connectivity index (χ2v) is 10.1. The fraction of sp³-hybridized carbons (Fsp3) is 0.458. The Morgan fingerprint density at radius 1 is 1.19 bits per heavy atom. The number of hydrogen-bond acceptors (Lipinski definition) is 4. The first-order chi connectivity index (χ1) is 15.5. The van der Waals surface area contributed by atoms with Crippen molar-refractivity contribution < 1.29 is 0 Å². The van der Waals surface area contributed by atoms with Crippen LogP contribution in [0.5, 0.6) is 0 Å². The SMILES string of the molecule is CC(C)c1c[nH]c2ncc(-c3cc4n(n3)CCCC43CCN(Cc4[nH]ncc4Cl)C3)cc12. The largest absolute Gasteiger partial charge is 0.346 e. The number of aromatic nitrogens is 6. The average Bonchev–Trinajstić information content (AvgIpc) is 3.55. The Hall–Kier alpha value is -2.64. The van der Waals surface area contributed by atoms with Crippen LogP contribution in [0.2, 0.25) is 5.02 Å². The molecular weight excluding hydrogens is 422 g/mol. The zero-order valence-corrected chi connectivity index (χ0v) is 19.3. The number of hydrogen-bond donors (Lipinski definition) is 2. The van der Waals surface area contributed by atoms with Crippen molar-refractivity contribution in [1.82, 2.24) is 34.8 Å². The Kier molecular flexibility index (Phi) is 4.66. The Morgan fingerprint density at radius 2 is 2.09 bits per heavy atom. The molecule has 166 valence electrons. The lowest BCUT2D eigenvalue weighted by Crippen LogP contribution is -2.36. The minimum atomic E-state index is 0.157. The number of pyridine rings is 1. The molecule has 7 nitrogen and oxygen atoms in total. The highest BCUT2D eigenvalue weighted by molar-refractivity contribution is 6.31. The van der Waals surface area contributed by atoms with E-state index in [1.165, 1.54) is 29.5 Å². The maximum atomic E-state index is 6.27. The molecule has 32 heavy (non-hydrogen) atoms. The minimum absolute atomic E-state index is 0.157. The predicted octanol–water partition coefficient (Wildman–Crippen LogP) is 4.86. The summed E-state index contributed by atoms with van der Waals surface area (Å²) in [4.78, 5) is 10.5. The minimum Gasteiger partial charge on any atom is -0.346 e. The quantitative estimate of drug-likeness (QED) is 0.466. The van der Waals surface area contributed by atoms with Crippen molar-refractivity contribution in [3.8, 4) is 11.3 Å². The van der Waals surface area contributed by atoms with E-state index in [1.807, 2.05) is 6.20 Å². The second-order valence-electron chi connectivity index (χ2n) is 9.70. The molecule has 0 radical (unpaired) electrons. The highest BCUT2D eigenvalue weighted by atomic mass is 35.5. The van der Waals surface area contributed by atoms with Crippen LogP contribution in [0.1, 0.15) is 56.0 Å². The van der Waals surface area contributed by atoms with Crippen LogP contribution in [0.3, 0.4) is 0 Å². The Balaban J connectivity index is 1.32. The standard InChI is InChI=1S/C24H28ClN7/c1-15(2)18-11-27-23-17(18)8-16(10-26-23)20-9-22-24(4-3-6-32(22)30-20)5-7-31(14-24)13-21-19(25)12-28-29-21/h8-12,15H,3-7,13-14H2,1-2H3,(H,26,27)(H,28,29). The second kappa shape index (κ2) is 7.46. The van der Waals surface area contributed by atoms with Gasteiger partial charge in [0.05, 0.1) is 22.6 Å². The third-order valence-electron chi connectivity index (χ3n) is 7.31.